The molecule has 2 aliphatic rings. The second-order valence-corrected chi connectivity index (χ2v) is 8.01. The van der Waals surface area contributed by atoms with Crippen LogP contribution in [0.2, 0.25) is 5.02 Å². The van der Waals surface area contributed by atoms with E-state index in [1.54, 1.807) is 5.01 Å². The van der Waals surface area contributed by atoms with E-state index in [0.717, 1.165) is 21.1 Å². The molecule has 2 amide bonds. The van der Waals surface area contributed by atoms with E-state index in [0.29, 0.717) is 6.42 Å². The van der Waals surface area contributed by atoms with E-state index in [-0.39, 0.29) is 29.2 Å². The third-order valence-corrected chi connectivity index (χ3v) is 5.57. The molecule has 2 aromatic rings. The number of hydrazone groups is 1. The predicted octanol–water partition coefficient (Wildman–Crippen LogP) is 3.29. The van der Waals surface area contributed by atoms with Gasteiger partial charge in [-0.15, -0.1) is 0 Å². The maximum absolute atomic E-state index is 13.1. The van der Waals surface area contributed by atoms with E-state index < -0.39 is 17.8 Å². The van der Waals surface area contributed by atoms with Gasteiger partial charge in [0.2, 0.25) is 5.91 Å². The van der Waals surface area contributed by atoms with Gasteiger partial charge in [0, 0.05) is 4.47 Å². The fraction of sp³-hybridized carbons (Fsp3) is 0.211. The van der Waals surface area contributed by atoms with Gasteiger partial charge in [-0.2, -0.15) is 5.10 Å². The summed E-state index contributed by atoms with van der Waals surface area (Å²) in [5.74, 6) is -1.26. The Morgan fingerprint density at radius 3 is 2.79 bits per heavy atom. The Kier molecular flexibility index (Phi) is 5.53. The minimum absolute atomic E-state index is 0.0321. The maximum atomic E-state index is 13.1. The number of hydrogen-bond acceptors (Lipinski definition) is 5. The number of fused-ring (bicyclic) bond motifs is 1. The van der Waals surface area contributed by atoms with Crippen molar-refractivity contribution in [2.24, 2.45) is 5.10 Å². The maximum Gasteiger partial charge on any atom is 0.267 e. The molecule has 150 valence electrons. The van der Waals surface area contributed by atoms with Crippen molar-refractivity contribution < 1.29 is 14.0 Å². The van der Waals surface area contributed by atoms with Crippen molar-refractivity contribution in [1.82, 2.24) is 15.4 Å². The predicted molar refractivity (Wildman–Crippen MR) is 111 cm³/mol. The molecule has 1 saturated heterocycles. The number of nitrogens with zero attached hydrogens (tertiary/aromatic N) is 3. The van der Waals surface area contributed by atoms with Crippen molar-refractivity contribution in [3.8, 4) is 0 Å². The molecule has 2 aromatic carbocycles. The number of carbonyl (C=O) groups excluding carboxylic acids is 2. The Morgan fingerprint density at radius 1 is 1.31 bits per heavy atom. The standard InChI is InChI=1S/C19H16BrClFN5O2/c20-12-3-1-11(2-4-12)16-8-17-19(29)26(23-10-27(17)25-16)9-18(28)24-15-6-5-13(22)7-14(15)21/h1-7,10,16-17,25H,8-9H2,(H,24,28). The molecule has 2 atom stereocenters. The van der Waals surface area contributed by atoms with Gasteiger partial charge in [-0.25, -0.2) is 14.8 Å². The Morgan fingerprint density at radius 2 is 2.07 bits per heavy atom. The number of hydrogen-bond donors (Lipinski definition) is 2. The first-order valence-corrected chi connectivity index (χ1v) is 9.98. The fourth-order valence-electron chi connectivity index (χ4n) is 3.28. The molecule has 2 aliphatic heterocycles. The highest BCUT2D eigenvalue weighted by atomic mass is 79.9. The van der Waals surface area contributed by atoms with E-state index in [1.165, 1.54) is 18.5 Å². The first-order chi connectivity index (χ1) is 13.9. The molecule has 29 heavy (non-hydrogen) atoms. The molecule has 0 bridgehead atoms. The highest BCUT2D eigenvalue weighted by molar-refractivity contribution is 9.10. The molecule has 0 radical (unpaired) electrons. The minimum atomic E-state index is -0.502. The minimum Gasteiger partial charge on any atom is -0.323 e. The lowest BCUT2D eigenvalue weighted by Crippen LogP contribution is -2.52. The molecular formula is C19H16BrClFN5O2. The Hall–Kier alpha value is -2.49. The molecule has 0 saturated carbocycles. The van der Waals surface area contributed by atoms with Crippen LogP contribution in [0.15, 0.2) is 52.0 Å². The average Bonchev–Trinajstić information content (AvgIpc) is 3.12. The van der Waals surface area contributed by atoms with Crippen molar-refractivity contribution >= 4 is 51.4 Å². The van der Waals surface area contributed by atoms with Gasteiger partial charge in [0.1, 0.15) is 24.7 Å². The molecule has 0 aromatic heterocycles. The van der Waals surface area contributed by atoms with E-state index in [2.05, 4.69) is 31.8 Å². The summed E-state index contributed by atoms with van der Waals surface area (Å²) < 4.78 is 14.1. The van der Waals surface area contributed by atoms with E-state index in [9.17, 15) is 14.0 Å². The van der Waals surface area contributed by atoms with Gasteiger partial charge in [0.25, 0.3) is 5.91 Å². The SMILES string of the molecule is O=C(CN1N=CN2NC(c3ccc(Br)cc3)CC2C1=O)Nc1ccc(F)cc1Cl. The van der Waals surface area contributed by atoms with Crippen LogP contribution in [0.4, 0.5) is 10.1 Å². The normalized spacial score (nSPS) is 20.7. The molecule has 2 unspecified atom stereocenters. The quantitative estimate of drug-likeness (QED) is 0.704. The number of rotatable bonds is 4. The van der Waals surface area contributed by atoms with Gasteiger partial charge in [0.15, 0.2) is 0 Å². The topological polar surface area (TPSA) is 77.0 Å². The van der Waals surface area contributed by atoms with Gasteiger partial charge in [-0.1, -0.05) is 39.7 Å². The van der Waals surface area contributed by atoms with E-state index >= 15 is 0 Å². The number of nitrogens with one attached hydrogen (secondary N) is 2. The Bertz CT molecular complexity index is 987. The zero-order chi connectivity index (χ0) is 20.5. The Balaban J connectivity index is 1.40. The van der Waals surface area contributed by atoms with Crippen molar-refractivity contribution in [1.29, 1.82) is 0 Å². The number of anilines is 1. The number of amides is 2. The van der Waals surface area contributed by atoms with Crippen LogP contribution >= 0.6 is 27.5 Å². The van der Waals surface area contributed by atoms with E-state index in [1.807, 2.05) is 24.3 Å². The third-order valence-electron chi connectivity index (χ3n) is 4.73. The molecule has 0 spiro atoms. The average molecular weight is 481 g/mol. The lowest BCUT2D eigenvalue weighted by Gasteiger charge is -2.29. The van der Waals surface area contributed by atoms with Crippen molar-refractivity contribution in [3.05, 3.63) is 63.3 Å². The lowest BCUT2D eigenvalue weighted by atomic mass is 10.0. The van der Waals surface area contributed by atoms with Gasteiger partial charge >= 0.3 is 0 Å². The monoisotopic (exact) mass is 479 g/mol. The number of halogens is 3. The zero-order valence-corrected chi connectivity index (χ0v) is 17.3. The summed E-state index contributed by atoms with van der Waals surface area (Å²) >= 11 is 9.33. The summed E-state index contributed by atoms with van der Waals surface area (Å²) in [6.45, 7) is -0.268. The molecule has 2 heterocycles. The van der Waals surface area contributed by atoms with Crippen molar-refractivity contribution in [2.75, 3.05) is 11.9 Å². The zero-order valence-electron chi connectivity index (χ0n) is 15.0. The summed E-state index contributed by atoms with van der Waals surface area (Å²) in [4.78, 5) is 25.1. The van der Waals surface area contributed by atoms with Gasteiger partial charge in [-0.3, -0.25) is 14.6 Å². The number of hydrazine groups is 1. The number of benzene rings is 2. The summed E-state index contributed by atoms with van der Waals surface area (Å²) in [5, 5.41) is 9.51. The first-order valence-electron chi connectivity index (χ1n) is 8.81. The van der Waals surface area contributed by atoms with Crippen LogP contribution < -0.4 is 10.7 Å². The molecule has 10 heteroatoms. The summed E-state index contributed by atoms with van der Waals surface area (Å²) in [7, 11) is 0. The molecule has 7 nitrogen and oxygen atoms in total. The second-order valence-electron chi connectivity index (χ2n) is 6.69. The second kappa shape index (κ2) is 8.10. The van der Waals surface area contributed by atoms with Crippen LogP contribution in [0.3, 0.4) is 0 Å². The highest BCUT2D eigenvalue weighted by Crippen LogP contribution is 2.30. The van der Waals surface area contributed by atoms with Gasteiger partial charge < -0.3 is 5.32 Å². The summed E-state index contributed by atoms with van der Waals surface area (Å²) in [6, 6.07) is 11.0. The van der Waals surface area contributed by atoms with Gasteiger partial charge in [-0.05, 0) is 42.3 Å². The summed E-state index contributed by atoms with van der Waals surface area (Å²) in [6.07, 6.45) is 2.05. The fourth-order valence-corrected chi connectivity index (χ4v) is 3.76. The first kappa shape index (κ1) is 19.8. The smallest absolute Gasteiger partial charge is 0.267 e. The van der Waals surface area contributed by atoms with Crippen LogP contribution in [0.1, 0.15) is 18.0 Å². The third kappa shape index (κ3) is 4.26. The summed E-state index contributed by atoms with van der Waals surface area (Å²) in [5.41, 5.74) is 4.58. The van der Waals surface area contributed by atoms with Crippen LogP contribution in [-0.2, 0) is 9.59 Å². The van der Waals surface area contributed by atoms with E-state index in [4.69, 9.17) is 11.6 Å². The Labute approximate surface area is 179 Å². The lowest BCUT2D eigenvalue weighted by molar-refractivity contribution is -0.139. The van der Waals surface area contributed by atoms with Crippen molar-refractivity contribution in [2.45, 2.75) is 18.5 Å². The molecule has 0 aliphatic carbocycles. The van der Waals surface area contributed by atoms with Crippen LogP contribution in [0.5, 0.6) is 0 Å². The molecule has 2 N–H and O–H groups in total. The molecular weight excluding hydrogens is 465 g/mol. The van der Waals surface area contributed by atoms with Crippen LogP contribution in [0, 0.1) is 5.82 Å². The molecule has 4 rings (SSSR count). The number of carbonyl (C=O) groups is 2. The van der Waals surface area contributed by atoms with Crippen molar-refractivity contribution in [3.63, 3.8) is 0 Å². The van der Waals surface area contributed by atoms with Gasteiger partial charge in [0.05, 0.1) is 16.8 Å². The van der Waals surface area contributed by atoms with Crippen LogP contribution in [-0.4, -0.2) is 40.8 Å². The highest BCUT2D eigenvalue weighted by Gasteiger charge is 2.41. The van der Waals surface area contributed by atoms with Crippen LogP contribution in [0.25, 0.3) is 0 Å². The molecule has 1 fully saturated rings. The largest absolute Gasteiger partial charge is 0.323 e.